The van der Waals surface area contributed by atoms with Gasteiger partial charge >= 0.3 is 6.18 Å². The molecule has 0 aromatic heterocycles. The van der Waals surface area contributed by atoms with E-state index in [0.717, 1.165) is 23.3 Å². The number of hydrogen-bond acceptors (Lipinski definition) is 4. The van der Waals surface area contributed by atoms with Crippen LogP contribution in [0.3, 0.4) is 0 Å². The van der Waals surface area contributed by atoms with Gasteiger partial charge in [0.1, 0.15) is 0 Å². The molecule has 4 rings (SSSR count). The number of nitrogens with zero attached hydrogens (tertiary/aromatic N) is 1. The number of likely N-dealkylation sites (tertiary alicyclic amines) is 1. The number of benzene rings is 3. The van der Waals surface area contributed by atoms with Crippen molar-refractivity contribution in [2.24, 2.45) is 0 Å². The van der Waals surface area contributed by atoms with Gasteiger partial charge in [0.25, 0.3) is 0 Å². The van der Waals surface area contributed by atoms with Crippen LogP contribution in [0, 0.1) is 6.92 Å². The van der Waals surface area contributed by atoms with Gasteiger partial charge in [-0.05, 0) is 43.0 Å². The van der Waals surface area contributed by atoms with Crippen molar-refractivity contribution in [3.05, 3.63) is 107 Å². The molecule has 0 radical (unpaired) electrons. The third-order valence-electron chi connectivity index (χ3n) is 7.23. The molecule has 2 N–H and O–H groups in total. The first-order chi connectivity index (χ1) is 18.0. The van der Waals surface area contributed by atoms with Gasteiger partial charge in [0.05, 0.1) is 17.2 Å². The zero-order valence-corrected chi connectivity index (χ0v) is 21.2. The van der Waals surface area contributed by atoms with Gasteiger partial charge in [-0.1, -0.05) is 72.3 Å². The molecule has 38 heavy (non-hydrogen) atoms. The minimum absolute atomic E-state index is 0.0861. The molecule has 1 aliphatic heterocycles. The Morgan fingerprint density at radius 3 is 2.29 bits per heavy atom. The molecule has 1 heterocycles. The Bertz CT molecular complexity index is 1210. The predicted octanol–water partition coefficient (Wildman–Crippen LogP) is 6.02. The van der Waals surface area contributed by atoms with Crippen LogP contribution in [0.2, 0.25) is 0 Å². The van der Waals surface area contributed by atoms with E-state index in [1.54, 1.807) is 29.2 Å². The van der Waals surface area contributed by atoms with Crippen LogP contribution in [0.5, 0.6) is 0 Å². The maximum Gasteiger partial charge on any atom is 0.416 e. The topological polar surface area (TPSA) is 52.6 Å². The molecular formula is C30H32F4N2O2. The maximum atomic E-state index is 15.6. The number of carbonyl (C=O) groups excluding carboxylic acids is 1. The summed E-state index contributed by atoms with van der Waals surface area (Å²) in [6, 6.07) is 20.5. The molecule has 1 saturated heterocycles. The van der Waals surface area contributed by atoms with E-state index >= 15 is 4.39 Å². The summed E-state index contributed by atoms with van der Waals surface area (Å²) >= 11 is 0. The average molecular weight is 529 g/mol. The molecule has 4 nitrogen and oxygen atoms in total. The predicted molar refractivity (Wildman–Crippen MR) is 138 cm³/mol. The van der Waals surface area contributed by atoms with Gasteiger partial charge in [-0.3, -0.25) is 9.69 Å². The second-order valence-electron chi connectivity index (χ2n) is 9.97. The van der Waals surface area contributed by atoms with Crippen molar-refractivity contribution in [2.75, 3.05) is 13.1 Å². The monoisotopic (exact) mass is 528 g/mol. The van der Waals surface area contributed by atoms with Crippen molar-refractivity contribution >= 4 is 5.78 Å². The Hall–Kier alpha value is -3.07. The number of aliphatic hydroxyl groups is 1. The Balaban J connectivity index is 1.42. The molecule has 0 bridgehead atoms. The highest BCUT2D eigenvalue weighted by atomic mass is 19.4. The molecule has 8 heteroatoms. The van der Waals surface area contributed by atoms with Crippen LogP contribution in [-0.2, 0) is 18.3 Å². The Kier molecular flexibility index (Phi) is 8.65. The van der Waals surface area contributed by atoms with E-state index in [9.17, 15) is 23.1 Å². The van der Waals surface area contributed by atoms with Crippen LogP contribution >= 0.6 is 0 Å². The van der Waals surface area contributed by atoms with Gasteiger partial charge in [-0.2, -0.15) is 13.2 Å². The molecule has 2 atom stereocenters. The lowest BCUT2D eigenvalue weighted by Crippen LogP contribution is -2.48. The van der Waals surface area contributed by atoms with Crippen molar-refractivity contribution in [1.82, 2.24) is 10.2 Å². The fourth-order valence-electron chi connectivity index (χ4n) is 4.82. The summed E-state index contributed by atoms with van der Waals surface area (Å²) in [7, 11) is 0. The molecule has 1 fully saturated rings. The lowest BCUT2D eigenvalue weighted by atomic mass is 9.83. The van der Waals surface area contributed by atoms with Gasteiger partial charge < -0.3 is 10.4 Å². The SMILES string of the molecule is Cc1ccc(CNC(CC(F)N2CCC(O)(c3cccc(C(F)(F)F)c3)CC2)C(=O)c2ccccc2)cc1. The number of piperidine rings is 1. The largest absolute Gasteiger partial charge is 0.416 e. The standard InChI is InChI=1S/C30H32F4N2O2/c1-21-10-12-22(13-11-21)20-35-26(28(37)23-6-3-2-4-7-23)19-27(31)36-16-14-29(38,15-17-36)24-8-5-9-25(18-24)30(32,33)34/h2-13,18,26-27,35,38H,14-17,19-20H2,1H3. The number of hydrogen-bond donors (Lipinski definition) is 2. The van der Waals surface area contributed by atoms with Crippen LogP contribution < -0.4 is 5.32 Å². The summed E-state index contributed by atoms with van der Waals surface area (Å²) in [4.78, 5) is 14.8. The maximum absolute atomic E-state index is 15.6. The van der Waals surface area contributed by atoms with Gasteiger partial charge in [0.15, 0.2) is 12.1 Å². The van der Waals surface area contributed by atoms with E-state index in [4.69, 9.17) is 0 Å². The second-order valence-corrected chi connectivity index (χ2v) is 9.97. The van der Waals surface area contributed by atoms with Crippen molar-refractivity contribution in [2.45, 2.75) is 56.8 Å². The number of carbonyl (C=O) groups is 1. The minimum Gasteiger partial charge on any atom is -0.385 e. The number of alkyl halides is 4. The first-order valence-corrected chi connectivity index (χ1v) is 12.7. The number of aryl methyl sites for hydroxylation is 1. The molecule has 1 aliphatic rings. The quantitative estimate of drug-likeness (QED) is 0.203. The highest BCUT2D eigenvalue weighted by molar-refractivity contribution is 6.00. The van der Waals surface area contributed by atoms with Crippen molar-refractivity contribution in [3.63, 3.8) is 0 Å². The summed E-state index contributed by atoms with van der Waals surface area (Å²) in [5.74, 6) is -0.210. The fourth-order valence-corrected chi connectivity index (χ4v) is 4.82. The van der Waals surface area contributed by atoms with Crippen molar-refractivity contribution in [3.8, 4) is 0 Å². The zero-order chi connectivity index (χ0) is 27.3. The molecule has 3 aromatic carbocycles. The molecule has 0 amide bonds. The van der Waals surface area contributed by atoms with Crippen LogP contribution in [0.25, 0.3) is 0 Å². The Morgan fingerprint density at radius 2 is 1.66 bits per heavy atom. The smallest absolute Gasteiger partial charge is 0.385 e. The molecule has 0 aliphatic carbocycles. The molecule has 0 saturated carbocycles. The van der Waals surface area contributed by atoms with Crippen LogP contribution in [0.4, 0.5) is 17.6 Å². The number of ketones is 1. The molecular weight excluding hydrogens is 496 g/mol. The van der Waals surface area contributed by atoms with E-state index < -0.39 is 29.7 Å². The van der Waals surface area contributed by atoms with Crippen LogP contribution in [0.15, 0.2) is 78.9 Å². The summed E-state index contributed by atoms with van der Waals surface area (Å²) in [6.45, 7) is 2.68. The van der Waals surface area contributed by atoms with Crippen LogP contribution in [0.1, 0.15) is 51.9 Å². The molecule has 2 unspecified atom stereocenters. The van der Waals surface area contributed by atoms with Crippen molar-refractivity contribution in [1.29, 1.82) is 0 Å². The number of rotatable bonds is 9. The highest BCUT2D eigenvalue weighted by Crippen LogP contribution is 2.37. The number of Topliss-reactive ketones (excluding diaryl/α,β-unsaturated/α-hetero) is 1. The Labute approximate surface area is 220 Å². The Morgan fingerprint density at radius 1 is 1.00 bits per heavy atom. The first kappa shape index (κ1) is 28.0. The summed E-state index contributed by atoms with van der Waals surface area (Å²) < 4.78 is 55.0. The number of halogens is 4. The van der Waals surface area contributed by atoms with Crippen LogP contribution in [-0.4, -0.2) is 41.2 Å². The second kappa shape index (κ2) is 11.8. The molecule has 202 valence electrons. The lowest BCUT2D eigenvalue weighted by molar-refractivity contribution is -0.137. The third-order valence-corrected chi connectivity index (χ3v) is 7.23. The highest BCUT2D eigenvalue weighted by Gasteiger charge is 2.39. The van der Waals surface area contributed by atoms with E-state index in [0.29, 0.717) is 12.1 Å². The summed E-state index contributed by atoms with van der Waals surface area (Å²) in [5.41, 5.74) is 0.459. The normalized spacial score (nSPS) is 17.6. The lowest BCUT2D eigenvalue weighted by Gasteiger charge is -2.40. The van der Waals surface area contributed by atoms with E-state index in [1.807, 2.05) is 37.3 Å². The third kappa shape index (κ3) is 6.87. The van der Waals surface area contributed by atoms with Gasteiger partial charge in [-0.25, -0.2) is 4.39 Å². The number of nitrogens with one attached hydrogen (secondary N) is 1. The van der Waals surface area contributed by atoms with Gasteiger partial charge in [-0.15, -0.1) is 0 Å². The van der Waals surface area contributed by atoms with Gasteiger partial charge in [0.2, 0.25) is 0 Å². The first-order valence-electron chi connectivity index (χ1n) is 12.7. The zero-order valence-electron chi connectivity index (χ0n) is 21.2. The average Bonchev–Trinajstić information content (AvgIpc) is 2.92. The minimum atomic E-state index is -4.51. The summed E-state index contributed by atoms with van der Waals surface area (Å²) in [5, 5.41) is 14.3. The van der Waals surface area contributed by atoms with E-state index in [2.05, 4.69) is 5.32 Å². The fraction of sp³-hybridized carbons (Fsp3) is 0.367. The molecule has 0 spiro atoms. The molecule has 3 aromatic rings. The van der Waals surface area contributed by atoms with E-state index in [1.165, 1.54) is 12.1 Å². The van der Waals surface area contributed by atoms with Gasteiger partial charge in [0, 0.05) is 31.6 Å². The van der Waals surface area contributed by atoms with E-state index in [-0.39, 0.29) is 43.7 Å². The summed E-state index contributed by atoms with van der Waals surface area (Å²) in [6.07, 6.45) is -5.90. The van der Waals surface area contributed by atoms with Crippen molar-refractivity contribution < 1.29 is 27.5 Å².